The molecule has 2 heterocycles. The van der Waals surface area contributed by atoms with Gasteiger partial charge in [-0.2, -0.15) is 0 Å². The van der Waals surface area contributed by atoms with Crippen LogP contribution in [0.5, 0.6) is 0 Å². The summed E-state index contributed by atoms with van der Waals surface area (Å²) in [5.74, 6) is -0.428. The Kier molecular flexibility index (Phi) is 6.59. The average molecular weight is 587 g/mol. The Bertz CT molecular complexity index is 1790. The highest BCUT2D eigenvalue weighted by Crippen LogP contribution is 2.55. The lowest BCUT2D eigenvalue weighted by molar-refractivity contribution is 0.0679. The number of halogens is 2. The molecule has 2 aliphatic rings. The molecule has 0 fully saturated rings. The standard InChI is InChI=1S/C33H29Cl2N3O3/c1-32(2)24(19-8-10-20(11-9-19)31(40)41)12-14-33(3)18-38(15-13-27(32)33)30(39)23-7-5-4-6-22(23)29-36-26-17-21(34)16-25(35)28(26)37-29/h4-13,16-17H,14-15,18H2,1-3H3,(H,36,37)(H,40,41)/t33-/m1/s1. The third-order valence-electron chi connectivity index (χ3n) is 8.46. The number of nitrogens with zero attached hydrogens (tertiary/aromatic N) is 2. The van der Waals surface area contributed by atoms with Gasteiger partial charge in [0.15, 0.2) is 0 Å². The summed E-state index contributed by atoms with van der Waals surface area (Å²) in [6, 6.07) is 18.0. The number of carboxylic acid groups (broad SMARTS) is 1. The molecule has 1 aromatic heterocycles. The molecule has 1 amide bonds. The maximum atomic E-state index is 14.0. The summed E-state index contributed by atoms with van der Waals surface area (Å²) in [5.41, 5.74) is 5.84. The molecule has 0 spiro atoms. The van der Waals surface area contributed by atoms with Gasteiger partial charge in [-0.25, -0.2) is 9.78 Å². The van der Waals surface area contributed by atoms with Crippen molar-refractivity contribution in [2.45, 2.75) is 27.2 Å². The van der Waals surface area contributed by atoms with Crippen molar-refractivity contribution >= 4 is 51.7 Å². The largest absolute Gasteiger partial charge is 0.478 e. The number of amides is 1. The van der Waals surface area contributed by atoms with E-state index in [0.29, 0.717) is 51.1 Å². The maximum absolute atomic E-state index is 14.0. The number of fused-ring (bicyclic) bond motifs is 2. The Labute approximate surface area is 248 Å². The molecule has 0 radical (unpaired) electrons. The van der Waals surface area contributed by atoms with Gasteiger partial charge in [0.05, 0.1) is 21.7 Å². The number of benzene rings is 3. The first-order valence-corrected chi connectivity index (χ1v) is 14.2. The molecular weight excluding hydrogens is 557 g/mol. The number of aromatic nitrogens is 2. The lowest BCUT2D eigenvalue weighted by Gasteiger charge is -2.50. The van der Waals surface area contributed by atoms with Crippen LogP contribution in [0.25, 0.3) is 28.0 Å². The Morgan fingerprint density at radius 1 is 1.00 bits per heavy atom. The first kappa shape index (κ1) is 27.3. The van der Waals surface area contributed by atoms with Crippen LogP contribution in [0.4, 0.5) is 0 Å². The second-order valence-corrected chi connectivity index (χ2v) is 12.5. The summed E-state index contributed by atoms with van der Waals surface area (Å²) < 4.78 is 0. The predicted molar refractivity (Wildman–Crippen MR) is 163 cm³/mol. The van der Waals surface area contributed by atoms with E-state index in [1.165, 1.54) is 11.1 Å². The van der Waals surface area contributed by atoms with Gasteiger partial charge in [-0.3, -0.25) is 4.79 Å². The van der Waals surface area contributed by atoms with E-state index >= 15 is 0 Å². The molecule has 1 aliphatic heterocycles. The molecule has 2 N–H and O–H groups in total. The van der Waals surface area contributed by atoms with E-state index in [4.69, 9.17) is 28.2 Å². The number of nitrogens with one attached hydrogen (secondary N) is 1. The van der Waals surface area contributed by atoms with Gasteiger partial charge in [-0.05, 0) is 47.9 Å². The van der Waals surface area contributed by atoms with Crippen LogP contribution in [0, 0.1) is 10.8 Å². The van der Waals surface area contributed by atoms with Gasteiger partial charge in [-0.15, -0.1) is 0 Å². The number of aromatic amines is 1. The summed E-state index contributed by atoms with van der Waals surface area (Å²) in [7, 11) is 0. The van der Waals surface area contributed by atoms with E-state index in [0.717, 1.165) is 12.0 Å². The van der Waals surface area contributed by atoms with Gasteiger partial charge >= 0.3 is 5.97 Å². The Hall–Kier alpha value is -3.87. The number of hydrogen-bond acceptors (Lipinski definition) is 3. The van der Waals surface area contributed by atoms with Gasteiger partial charge in [-0.1, -0.05) is 92.0 Å². The van der Waals surface area contributed by atoms with Crippen LogP contribution in [0.3, 0.4) is 0 Å². The normalized spacial score (nSPS) is 19.9. The van der Waals surface area contributed by atoms with E-state index in [1.807, 2.05) is 41.3 Å². The highest BCUT2D eigenvalue weighted by atomic mass is 35.5. The van der Waals surface area contributed by atoms with Crippen molar-refractivity contribution in [2.75, 3.05) is 13.1 Å². The molecule has 0 saturated carbocycles. The van der Waals surface area contributed by atoms with Crippen molar-refractivity contribution in [1.82, 2.24) is 14.9 Å². The number of carbonyl (C=O) groups excluding carboxylic acids is 1. The number of aromatic carboxylic acids is 1. The van der Waals surface area contributed by atoms with Crippen molar-refractivity contribution in [2.24, 2.45) is 10.8 Å². The van der Waals surface area contributed by atoms with Crippen molar-refractivity contribution in [1.29, 1.82) is 0 Å². The van der Waals surface area contributed by atoms with Gasteiger partial charge in [0.25, 0.3) is 5.91 Å². The Morgan fingerprint density at radius 2 is 1.73 bits per heavy atom. The smallest absolute Gasteiger partial charge is 0.335 e. The lowest BCUT2D eigenvalue weighted by Crippen LogP contribution is -2.48. The molecule has 6 rings (SSSR count). The van der Waals surface area contributed by atoms with Crippen LogP contribution < -0.4 is 0 Å². The molecule has 1 atom stereocenters. The maximum Gasteiger partial charge on any atom is 0.335 e. The molecular formula is C33H29Cl2N3O3. The molecule has 0 unspecified atom stereocenters. The Morgan fingerprint density at radius 3 is 2.46 bits per heavy atom. The van der Waals surface area contributed by atoms with Crippen molar-refractivity contribution in [3.8, 4) is 11.4 Å². The molecule has 1 aliphatic carbocycles. The van der Waals surface area contributed by atoms with Crippen LogP contribution in [-0.4, -0.2) is 44.9 Å². The van der Waals surface area contributed by atoms with Crippen LogP contribution >= 0.6 is 23.2 Å². The first-order chi connectivity index (χ1) is 19.5. The fraction of sp³-hybridized carbons (Fsp3) is 0.242. The summed E-state index contributed by atoms with van der Waals surface area (Å²) >= 11 is 12.6. The topological polar surface area (TPSA) is 86.3 Å². The minimum Gasteiger partial charge on any atom is -0.478 e. The summed E-state index contributed by atoms with van der Waals surface area (Å²) in [4.78, 5) is 35.2. The fourth-order valence-electron chi connectivity index (χ4n) is 6.57. The molecule has 0 saturated heterocycles. The zero-order valence-corrected chi connectivity index (χ0v) is 24.5. The number of allylic oxidation sites excluding steroid dienone is 2. The van der Waals surface area contributed by atoms with E-state index in [9.17, 15) is 14.7 Å². The number of H-pyrrole nitrogens is 1. The fourth-order valence-corrected chi connectivity index (χ4v) is 7.11. The second-order valence-electron chi connectivity index (χ2n) is 11.6. The van der Waals surface area contributed by atoms with Gasteiger partial charge in [0.2, 0.25) is 0 Å². The number of carboxylic acids is 1. The molecule has 6 nitrogen and oxygen atoms in total. The minimum atomic E-state index is -0.934. The van der Waals surface area contributed by atoms with Crippen LogP contribution in [0.2, 0.25) is 10.0 Å². The quantitative estimate of drug-likeness (QED) is 0.237. The zero-order chi connectivity index (χ0) is 29.1. The third-order valence-corrected chi connectivity index (χ3v) is 8.96. The zero-order valence-electron chi connectivity index (χ0n) is 23.0. The molecule has 0 bridgehead atoms. The first-order valence-electron chi connectivity index (χ1n) is 13.5. The molecule has 4 aromatic rings. The van der Waals surface area contributed by atoms with E-state index < -0.39 is 5.97 Å². The van der Waals surface area contributed by atoms with E-state index in [1.54, 1.807) is 24.3 Å². The molecule has 8 heteroatoms. The average Bonchev–Trinajstić information content (AvgIpc) is 3.36. The molecule has 41 heavy (non-hydrogen) atoms. The SMILES string of the molecule is CC1(C)C(c2ccc(C(=O)O)cc2)=CC[C@]2(C)CN(C(=O)c3ccccc3-c3nc4c(Cl)cc(Cl)cc4[nH]3)CC=C12. The predicted octanol–water partition coefficient (Wildman–Crippen LogP) is 8.14. The Balaban J connectivity index is 1.30. The van der Waals surface area contributed by atoms with Crippen molar-refractivity contribution in [3.05, 3.63) is 105 Å². The van der Waals surface area contributed by atoms with Crippen molar-refractivity contribution < 1.29 is 14.7 Å². The van der Waals surface area contributed by atoms with Crippen LogP contribution in [0.15, 0.2) is 78.4 Å². The minimum absolute atomic E-state index is 0.0569. The highest BCUT2D eigenvalue weighted by molar-refractivity contribution is 6.38. The number of hydrogen-bond donors (Lipinski definition) is 2. The van der Waals surface area contributed by atoms with Gasteiger partial charge in [0.1, 0.15) is 11.3 Å². The van der Waals surface area contributed by atoms with Gasteiger partial charge in [0, 0.05) is 34.5 Å². The summed E-state index contributed by atoms with van der Waals surface area (Å²) in [6.45, 7) is 7.71. The van der Waals surface area contributed by atoms with Crippen LogP contribution in [-0.2, 0) is 0 Å². The van der Waals surface area contributed by atoms with E-state index in [-0.39, 0.29) is 22.3 Å². The lowest BCUT2D eigenvalue weighted by atomic mass is 9.58. The summed E-state index contributed by atoms with van der Waals surface area (Å²) in [6.07, 6.45) is 5.22. The number of carbonyl (C=O) groups is 2. The highest BCUT2D eigenvalue weighted by Gasteiger charge is 2.46. The van der Waals surface area contributed by atoms with E-state index in [2.05, 4.69) is 37.9 Å². The molecule has 208 valence electrons. The third kappa shape index (κ3) is 4.65. The van der Waals surface area contributed by atoms with Crippen molar-refractivity contribution in [3.63, 3.8) is 0 Å². The molecule has 3 aromatic carbocycles. The van der Waals surface area contributed by atoms with Crippen LogP contribution in [0.1, 0.15) is 53.5 Å². The van der Waals surface area contributed by atoms with Gasteiger partial charge < -0.3 is 15.0 Å². The number of imidazole rings is 1. The number of rotatable bonds is 4. The monoisotopic (exact) mass is 585 g/mol. The summed E-state index contributed by atoms with van der Waals surface area (Å²) in [5, 5.41) is 10.3. The second kappa shape index (κ2) is 9.89.